The topological polar surface area (TPSA) is 65.5 Å². The molecule has 0 aliphatic heterocycles. The van der Waals surface area contributed by atoms with E-state index in [0.29, 0.717) is 26.2 Å². The Morgan fingerprint density at radius 1 is 0.930 bits per heavy atom. The number of hydrogen-bond donors (Lipinski definition) is 1. The number of benzene rings is 3. The lowest BCUT2D eigenvalue weighted by Gasteiger charge is -2.18. The molecule has 1 aliphatic rings. The second-order valence-electron chi connectivity index (χ2n) is 11.0. The molecule has 6 heteroatoms. The molecule has 1 aromatic heterocycles. The maximum atomic E-state index is 6.91. The molecule has 0 radical (unpaired) electrons. The van der Waals surface area contributed by atoms with Gasteiger partial charge in [-0.25, -0.2) is 4.98 Å². The summed E-state index contributed by atoms with van der Waals surface area (Å²) in [7, 11) is 0. The van der Waals surface area contributed by atoms with Crippen LogP contribution in [0.5, 0.6) is 5.75 Å². The Bertz CT molecular complexity index is 1520. The van der Waals surface area contributed by atoms with Crippen molar-refractivity contribution in [2.45, 2.75) is 52.0 Å². The molecule has 3 aromatic carbocycles. The van der Waals surface area contributed by atoms with Gasteiger partial charge in [-0.1, -0.05) is 105 Å². The highest BCUT2D eigenvalue weighted by Crippen LogP contribution is 2.28. The first kappa shape index (κ1) is 30.5. The minimum Gasteiger partial charge on any atom is -0.493 e. The molecule has 0 amide bonds. The normalized spacial score (nSPS) is 15.5. The molecule has 1 heterocycles. The van der Waals surface area contributed by atoms with Crippen LogP contribution < -0.4 is 10.5 Å². The van der Waals surface area contributed by atoms with Crippen molar-refractivity contribution in [2.75, 3.05) is 26.2 Å². The van der Waals surface area contributed by atoms with Gasteiger partial charge in [-0.3, -0.25) is 0 Å². The Balaban J connectivity index is 1.30. The van der Waals surface area contributed by atoms with Crippen LogP contribution in [0.1, 0.15) is 49.7 Å². The molecule has 4 aromatic rings. The molecule has 2 N–H and O–H groups in total. The minimum atomic E-state index is -0.277. The second-order valence-corrected chi connectivity index (χ2v) is 11.0. The first-order valence-electron chi connectivity index (χ1n) is 15.5. The van der Waals surface area contributed by atoms with E-state index in [9.17, 15) is 0 Å². The van der Waals surface area contributed by atoms with Crippen molar-refractivity contribution in [1.29, 1.82) is 0 Å². The second kappa shape index (κ2) is 15.5. The smallest absolute Gasteiger partial charge is 0.127 e. The Morgan fingerprint density at radius 2 is 1.67 bits per heavy atom. The van der Waals surface area contributed by atoms with Crippen LogP contribution in [0.15, 0.2) is 115 Å². The highest BCUT2D eigenvalue weighted by molar-refractivity contribution is 5.78. The van der Waals surface area contributed by atoms with Crippen molar-refractivity contribution in [2.24, 2.45) is 5.73 Å². The van der Waals surface area contributed by atoms with Gasteiger partial charge in [-0.2, -0.15) is 0 Å². The first-order valence-corrected chi connectivity index (χ1v) is 15.5. The van der Waals surface area contributed by atoms with E-state index in [2.05, 4.69) is 102 Å². The molecular formula is C37H44N4O2. The van der Waals surface area contributed by atoms with Crippen molar-refractivity contribution in [3.05, 3.63) is 132 Å². The van der Waals surface area contributed by atoms with E-state index in [1.54, 1.807) is 0 Å². The van der Waals surface area contributed by atoms with Gasteiger partial charge in [0.25, 0.3) is 0 Å². The van der Waals surface area contributed by atoms with E-state index < -0.39 is 0 Å². The number of hydrogen-bond acceptors (Lipinski definition) is 5. The molecule has 2 atom stereocenters. The largest absolute Gasteiger partial charge is 0.493 e. The third kappa shape index (κ3) is 8.54. The van der Waals surface area contributed by atoms with Crippen molar-refractivity contribution in [3.8, 4) is 5.75 Å². The third-order valence-corrected chi connectivity index (χ3v) is 7.90. The lowest BCUT2D eigenvalue weighted by atomic mass is 10.1. The fourth-order valence-electron chi connectivity index (χ4n) is 5.43. The zero-order chi connectivity index (χ0) is 29.9. The summed E-state index contributed by atoms with van der Waals surface area (Å²) in [5.74, 6) is 1.74. The van der Waals surface area contributed by atoms with E-state index >= 15 is 0 Å². The third-order valence-electron chi connectivity index (χ3n) is 7.90. The van der Waals surface area contributed by atoms with Gasteiger partial charge < -0.3 is 24.7 Å². The number of nitrogens with two attached hydrogens (primary N) is 1. The maximum Gasteiger partial charge on any atom is 0.127 e. The van der Waals surface area contributed by atoms with E-state index in [0.717, 1.165) is 59.8 Å². The van der Waals surface area contributed by atoms with Gasteiger partial charge in [0.1, 0.15) is 11.6 Å². The number of ether oxygens (including phenoxy) is 2. The van der Waals surface area contributed by atoms with Crippen LogP contribution in [0, 0.1) is 0 Å². The summed E-state index contributed by atoms with van der Waals surface area (Å²) in [5, 5.41) is 0. The fraction of sp³-hybridized carbons (Fsp3) is 0.324. The number of imidazole rings is 1. The van der Waals surface area contributed by atoms with Gasteiger partial charge >= 0.3 is 0 Å². The summed E-state index contributed by atoms with van der Waals surface area (Å²) >= 11 is 0. The summed E-state index contributed by atoms with van der Waals surface area (Å²) in [6, 6.07) is 26.6. The van der Waals surface area contributed by atoms with Crippen molar-refractivity contribution in [3.63, 3.8) is 0 Å². The molecular weight excluding hydrogens is 532 g/mol. The monoisotopic (exact) mass is 576 g/mol. The van der Waals surface area contributed by atoms with Crippen LogP contribution in [-0.2, 0) is 17.9 Å². The number of rotatable bonds is 15. The molecule has 5 rings (SSSR count). The first-order chi connectivity index (χ1) is 21.1. The quantitative estimate of drug-likeness (QED) is 0.151. The predicted molar refractivity (Wildman–Crippen MR) is 176 cm³/mol. The van der Waals surface area contributed by atoms with Gasteiger partial charge in [0.05, 0.1) is 36.4 Å². The van der Waals surface area contributed by atoms with Gasteiger partial charge in [-0.05, 0) is 54.8 Å². The number of fused-ring (bicyclic) bond motifs is 1. The Morgan fingerprint density at radius 3 is 2.42 bits per heavy atom. The molecule has 0 saturated heterocycles. The maximum absolute atomic E-state index is 6.91. The van der Waals surface area contributed by atoms with E-state index in [1.807, 2.05) is 30.3 Å². The summed E-state index contributed by atoms with van der Waals surface area (Å²) in [4.78, 5) is 7.46. The van der Waals surface area contributed by atoms with Gasteiger partial charge in [0.15, 0.2) is 0 Å². The van der Waals surface area contributed by atoms with Crippen LogP contribution in [0.25, 0.3) is 11.0 Å². The Kier molecular flexibility index (Phi) is 11.0. The molecule has 0 bridgehead atoms. The summed E-state index contributed by atoms with van der Waals surface area (Å²) in [6.07, 6.45) is 12.1. The standard InChI is InChI=1S/C37H44N4O2/c1-3-40(4-2)23-12-24-42-33-21-22-35-36(26-33)41(27-30-13-7-5-8-14-30)37(39-35)34(38)25-29-17-11-18-32(20-19-29)43-28-31-15-9-6-10-16-31/h5-11,13-22,26,32,34H,3-4,12,23-25,27-28,38H2,1-2H3. The highest BCUT2D eigenvalue weighted by atomic mass is 16.5. The summed E-state index contributed by atoms with van der Waals surface area (Å²) in [6.45, 7) is 9.52. The van der Waals surface area contributed by atoms with Gasteiger partial charge in [-0.15, -0.1) is 0 Å². The van der Waals surface area contributed by atoms with Crippen LogP contribution in [0.4, 0.5) is 0 Å². The van der Waals surface area contributed by atoms with Crippen molar-refractivity contribution in [1.82, 2.24) is 14.5 Å². The van der Waals surface area contributed by atoms with Crippen LogP contribution in [0.2, 0.25) is 0 Å². The molecule has 6 nitrogen and oxygen atoms in total. The lowest BCUT2D eigenvalue weighted by molar-refractivity contribution is 0.102. The van der Waals surface area contributed by atoms with Crippen LogP contribution in [-0.4, -0.2) is 46.8 Å². The molecule has 0 fully saturated rings. The van der Waals surface area contributed by atoms with E-state index in [-0.39, 0.29) is 12.1 Å². The molecule has 0 saturated carbocycles. The SMILES string of the molecule is CCN(CC)CCCOc1ccc2nc(C(N)CC3=CC=CC(OCc4ccccc4)C=C3)n(Cc3ccccc3)c2c1. The average Bonchev–Trinajstić information content (AvgIpc) is 3.24. The highest BCUT2D eigenvalue weighted by Gasteiger charge is 2.19. The number of nitrogens with zero attached hydrogens (tertiary/aromatic N) is 3. The average molecular weight is 577 g/mol. The van der Waals surface area contributed by atoms with Gasteiger partial charge in [0.2, 0.25) is 0 Å². The Hall–Kier alpha value is -3.97. The van der Waals surface area contributed by atoms with Crippen molar-refractivity contribution >= 4 is 11.0 Å². The molecule has 2 unspecified atom stereocenters. The zero-order valence-corrected chi connectivity index (χ0v) is 25.4. The predicted octanol–water partition coefficient (Wildman–Crippen LogP) is 7.22. The zero-order valence-electron chi connectivity index (χ0n) is 25.4. The summed E-state index contributed by atoms with van der Waals surface area (Å²) < 4.78 is 14.5. The molecule has 0 spiro atoms. The van der Waals surface area contributed by atoms with Crippen LogP contribution >= 0.6 is 0 Å². The van der Waals surface area contributed by atoms with E-state index in [4.69, 9.17) is 20.2 Å². The minimum absolute atomic E-state index is 0.0849. The van der Waals surface area contributed by atoms with Crippen molar-refractivity contribution < 1.29 is 9.47 Å². The summed E-state index contributed by atoms with van der Waals surface area (Å²) in [5.41, 5.74) is 12.4. The molecule has 43 heavy (non-hydrogen) atoms. The van der Waals surface area contributed by atoms with Crippen LogP contribution in [0.3, 0.4) is 0 Å². The lowest BCUT2D eigenvalue weighted by Crippen LogP contribution is -2.25. The Labute approximate surface area is 256 Å². The fourth-order valence-corrected chi connectivity index (χ4v) is 5.43. The van der Waals surface area contributed by atoms with Gasteiger partial charge in [0, 0.05) is 19.2 Å². The number of allylic oxidation sites excluding steroid dienone is 3. The number of aromatic nitrogens is 2. The van der Waals surface area contributed by atoms with E-state index in [1.165, 1.54) is 5.56 Å². The molecule has 1 aliphatic carbocycles. The molecule has 224 valence electrons.